The molecule has 0 atom stereocenters. The van der Waals surface area contributed by atoms with Gasteiger partial charge in [0.25, 0.3) is 0 Å². The van der Waals surface area contributed by atoms with E-state index in [1.807, 2.05) is 6.20 Å². The zero-order chi connectivity index (χ0) is 10.0. The highest BCUT2D eigenvalue weighted by atomic mass is 14.7. The fourth-order valence-electron chi connectivity index (χ4n) is 2.30. The smallest absolute Gasteiger partial charge is 0.0466 e. The second-order valence-electron chi connectivity index (χ2n) is 4.39. The Bertz CT molecular complexity index is 299. The minimum Gasteiger partial charge on any atom is -0.330 e. The molecule has 76 valence electrons. The van der Waals surface area contributed by atoms with Crippen molar-refractivity contribution in [2.75, 3.05) is 6.54 Å². The quantitative estimate of drug-likeness (QED) is 0.793. The number of nitrogens with zero attached hydrogens (tertiary/aromatic N) is 1. The van der Waals surface area contributed by atoms with Gasteiger partial charge in [0, 0.05) is 17.3 Å². The van der Waals surface area contributed by atoms with Crippen molar-refractivity contribution in [2.45, 2.75) is 38.0 Å². The zero-order valence-electron chi connectivity index (χ0n) is 8.79. The van der Waals surface area contributed by atoms with E-state index in [-0.39, 0.29) is 0 Å². The predicted octanol–water partition coefficient (Wildman–Crippen LogP) is 2.16. The minimum atomic E-state index is 0.322. The summed E-state index contributed by atoms with van der Waals surface area (Å²) in [5.74, 6) is 0. The van der Waals surface area contributed by atoms with Crippen LogP contribution in [0.3, 0.4) is 0 Å². The van der Waals surface area contributed by atoms with Gasteiger partial charge in [0.15, 0.2) is 0 Å². The van der Waals surface area contributed by atoms with Crippen LogP contribution in [0.4, 0.5) is 0 Å². The van der Waals surface area contributed by atoms with E-state index in [2.05, 4.69) is 24.0 Å². The third-order valence-corrected chi connectivity index (χ3v) is 3.39. The molecule has 0 unspecified atom stereocenters. The van der Waals surface area contributed by atoms with Crippen LogP contribution in [0.5, 0.6) is 0 Å². The molecular weight excluding hydrogens is 172 g/mol. The normalized spacial score (nSPS) is 19.0. The average Bonchev–Trinajstić information content (AvgIpc) is 2.13. The average molecular weight is 190 g/mol. The lowest BCUT2D eigenvalue weighted by atomic mass is 9.64. The zero-order valence-corrected chi connectivity index (χ0v) is 8.79. The van der Waals surface area contributed by atoms with Crippen LogP contribution in [0.2, 0.25) is 0 Å². The summed E-state index contributed by atoms with van der Waals surface area (Å²) in [7, 11) is 0. The second-order valence-corrected chi connectivity index (χ2v) is 4.39. The van der Waals surface area contributed by atoms with Gasteiger partial charge in [-0.2, -0.15) is 0 Å². The van der Waals surface area contributed by atoms with E-state index in [0.717, 1.165) is 13.0 Å². The van der Waals surface area contributed by atoms with E-state index in [1.165, 1.54) is 30.5 Å². The lowest BCUT2D eigenvalue weighted by molar-refractivity contribution is 0.222. The summed E-state index contributed by atoms with van der Waals surface area (Å²) >= 11 is 0. The molecule has 0 spiro atoms. The molecule has 1 heterocycles. The third-order valence-electron chi connectivity index (χ3n) is 3.39. The summed E-state index contributed by atoms with van der Waals surface area (Å²) in [6.45, 7) is 2.85. The number of hydrogen-bond donors (Lipinski definition) is 1. The summed E-state index contributed by atoms with van der Waals surface area (Å²) in [4.78, 5) is 4.54. The molecule has 2 heteroatoms. The molecule has 0 radical (unpaired) electrons. The van der Waals surface area contributed by atoms with E-state index in [4.69, 9.17) is 5.73 Å². The molecule has 1 aromatic heterocycles. The summed E-state index contributed by atoms with van der Waals surface area (Å²) < 4.78 is 0. The first kappa shape index (κ1) is 9.66. The molecule has 2 rings (SSSR count). The van der Waals surface area contributed by atoms with Crippen molar-refractivity contribution in [1.29, 1.82) is 0 Å². The lowest BCUT2D eigenvalue weighted by Gasteiger charge is -2.41. The highest BCUT2D eigenvalue weighted by Gasteiger charge is 2.38. The fraction of sp³-hybridized carbons (Fsp3) is 0.583. The molecule has 0 bridgehead atoms. The van der Waals surface area contributed by atoms with Crippen LogP contribution in [0.15, 0.2) is 18.3 Å². The molecule has 0 saturated heterocycles. The van der Waals surface area contributed by atoms with Crippen LogP contribution in [0, 0.1) is 6.92 Å². The summed E-state index contributed by atoms with van der Waals surface area (Å²) in [5, 5.41) is 0. The lowest BCUT2D eigenvalue weighted by Crippen LogP contribution is -2.37. The third kappa shape index (κ3) is 1.55. The van der Waals surface area contributed by atoms with Crippen molar-refractivity contribution in [3.63, 3.8) is 0 Å². The number of aryl methyl sites for hydroxylation is 1. The summed E-state index contributed by atoms with van der Waals surface area (Å²) in [6, 6.07) is 4.32. The Labute approximate surface area is 85.5 Å². The molecule has 2 N–H and O–H groups in total. The standard InChI is InChI=1S/C12H18N2/c1-10-3-4-11(14-9-10)12(7-8-13)5-2-6-12/h3-4,9H,2,5-8,13H2,1H3. The second kappa shape index (κ2) is 3.70. The van der Waals surface area contributed by atoms with E-state index < -0.39 is 0 Å². The van der Waals surface area contributed by atoms with Gasteiger partial charge in [0.05, 0.1) is 0 Å². The molecule has 14 heavy (non-hydrogen) atoms. The van der Waals surface area contributed by atoms with Crippen molar-refractivity contribution in [2.24, 2.45) is 5.73 Å². The highest BCUT2D eigenvalue weighted by molar-refractivity contribution is 5.23. The summed E-state index contributed by atoms with van der Waals surface area (Å²) in [5.41, 5.74) is 8.47. The van der Waals surface area contributed by atoms with Gasteiger partial charge in [-0.1, -0.05) is 12.5 Å². The van der Waals surface area contributed by atoms with Crippen molar-refractivity contribution < 1.29 is 0 Å². The maximum atomic E-state index is 5.66. The van der Waals surface area contributed by atoms with Crippen LogP contribution < -0.4 is 5.73 Å². The Kier molecular flexibility index (Phi) is 2.55. The Morgan fingerprint density at radius 1 is 1.43 bits per heavy atom. The van der Waals surface area contributed by atoms with Crippen LogP contribution >= 0.6 is 0 Å². The maximum Gasteiger partial charge on any atom is 0.0466 e. The number of pyridine rings is 1. The van der Waals surface area contributed by atoms with Crippen LogP contribution in [-0.4, -0.2) is 11.5 Å². The molecule has 0 aromatic carbocycles. The molecule has 1 fully saturated rings. The van der Waals surface area contributed by atoms with E-state index in [1.54, 1.807) is 0 Å². The predicted molar refractivity (Wildman–Crippen MR) is 58.2 cm³/mol. The Balaban J connectivity index is 2.23. The maximum absolute atomic E-state index is 5.66. The van der Waals surface area contributed by atoms with Gasteiger partial charge in [0.1, 0.15) is 0 Å². The van der Waals surface area contributed by atoms with E-state index in [0.29, 0.717) is 5.41 Å². The Hall–Kier alpha value is -0.890. The van der Waals surface area contributed by atoms with Crippen molar-refractivity contribution in [3.8, 4) is 0 Å². The van der Waals surface area contributed by atoms with Gasteiger partial charge in [-0.05, 0) is 44.4 Å². The van der Waals surface area contributed by atoms with Crippen molar-refractivity contribution in [3.05, 3.63) is 29.6 Å². The fourth-order valence-corrected chi connectivity index (χ4v) is 2.30. The van der Waals surface area contributed by atoms with Gasteiger partial charge < -0.3 is 5.73 Å². The van der Waals surface area contributed by atoms with Crippen LogP contribution in [-0.2, 0) is 5.41 Å². The molecule has 1 saturated carbocycles. The Morgan fingerprint density at radius 2 is 2.21 bits per heavy atom. The number of nitrogens with two attached hydrogens (primary N) is 1. The molecule has 1 aromatic rings. The molecule has 0 aliphatic heterocycles. The first-order chi connectivity index (χ1) is 6.77. The Morgan fingerprint density at radius 3 is 2.64 bits per heavy atom. The molecular formula is C12H18N2. The van der Waals surface area contributed by atoms with Crippen molar-refractivity contribution >= 4 is 0 Å². The molecule has 1 aliphatic rings. The van der Waals surface area contributed by atoms with E-state index in [9.17, 15) is 0 Å². The van der Waals surface area contributed by atoms with E-state index >= 15 is 0 Å². The first-order valence-electron chi connectivity index (χ1n) is 5.40. The minimum absolute atomic E-state index is 0.322. The molecule has 1 aliphatic carbocycles. The number of aromatic nitrogens is 1. The van der Waals surface area contributed by atoms with Gasteiger partial charge >= 0.3 is 0 Å². The topological polar surface area (TPSA) is 38.9 Å². The molecule has 0 amide bonds. The highest BCUT2D eigenvalue weighted by Crippen LogP contribution is 2.45. The molecule has 2 nitrogen and oxygen atoms in total. The van der Waals surface area contributed by atoms with Gasteiger partial charge in [0.2, 0.25) is 0 Å². The SMILES string of the molecule is Cc1ccc(C2(CCN)CCC2)nc1. The van der Waals surface area contributed by atoms with Crippen molar-refractivity contribution in [1.82, 2.24) is 4.98 Å². The largest absolute Gasteiger partial charge is 0.330 e. The monoisotopic (exact) mass is 190 g/mol. The van der Waals surface area contributed by atoms with Crippen LogP contribution in [0.25, 0.3) is 0 Å². The first-order valence-corrected chi connectivity index (χ1v) is 5.40. The van der Waals surface area contributed by atoms with Gasteiger partial charge in [-0.15, -0.1) is 0 Å². The van der Waals surface area contributed by atoms with Crippen LogP contribution in [0.1, 0.15) is 36.9 Å². The number of hydrogen-bond acceptors (Lipinski definition) is 2. The number of rotatable bonds is 3. The van der Waals surface area contributed by atoms with Gasteiger partial charge in [-0.25, -0.2) is 0 Å². The van der Waals surface area contributed by atoms with Gasteiger partial charge in [-0.3, -0.25) is 4.98 Å². The summed E-state index contributed by atoms with van der Waals surface area (Å²) in [6.07, 6.45) is 6.91.